The Morgan fingerprint density at radius 2 is 1.75 bits per heavy atom. The Balaban J connectivity index is 2.78. The highest BCUT2D eigenvalue weighted by Crippen LogP contribution is 2.08. The lowest BCUT2D eigenvalue weighted by Crippen LogP contribution is -1.80. The van der Waals surface area contributed by atoms with Crippen molar-refractivity contribution in [3.8, 4) is 12.3 Å². The number of unbranched alkanes of at least 4 members (excludes halogenated alkanes) is 8. The van der Waals surface area contributed by atoms with Crippen LogP contribution in [-0.4, -0.2) is 0 Å². The largest absolute Gasteiger partial charge is 0.120 e. The fraction of sp³-hybridized carbons (Fsp3) is 0.750. The molecule has 0 nitrogen and oxygen atoms in total. The minimum atomic E-state index is 0.959. The summed E-state index contributed by atoms with van der Waals surface area (Å²) in [5.74, 6) is 2.67. The molecule has 0 aromatic rings. The Morgan fingerprint density at radius 3 is 2.42 bits per heavy atom. The summed E-state index contributed by atoms with van der Waals surface area (Å²) in [7, 11) is 0. The van der Waals surface area contributed by atoms with Crippen LogP contribution in [0.5, 0.6) is 0 Å². The summed E-state index contributed by atoms with van der Waals surface area (Å²) in [6, 6.07) is 0. The van der Waals surface area contributed by atoms with Crippen LogP contribution in [0.4, 0.5) is 0 Å². The molecule has 12 heavy (non-hydrogen) atoms. The van der Waals surface area contributed by atoms with Crippen LogP contribution >= 0.6 is 0 Å². The molecule has 0 aromatic heterocycles. The van der Waals surface area contributed by atoms with E-state index in [1.165, 1.54) is 44.9 Å². The Morgan fingerprint density at radius 1 is 1.08 bits per heavy atom. The topological polar surface area (TPSA) is 0 Å². The monoisotopic (exact) mass is 165 g/mol. The molecular formula is C12H21. The lowest BCUT2D eigenvalue weighted by atomic mass is 10.1. The van der Waals surface area contributed by atoms with E-state index < -0.39 is 0 Å². The van der Waals surface area contributed by atoms with Crippen molar-refractivity contribution in [2.24, 2.45) is 0 Å². The van der Waals surface area contributed by atoms with Crippen molar-refractivity contribution in [3.63, 3.8) is 0 Å². The minimum Gasteiger partial charge on any atom is -0.120 e. The molecule has 0 heterocycles. The van der Waals surface area contributed by atoms with Gasteiger partial charge in [0.05, 0.1) is 0 Å². The van der Waals surface area contributed by atoms with Crippen LogP contribution in [0.3, 0.4) is 0 Å². The fourth-order valence-electron chi connectivity index (χ4n) is 1.25. The van der Waals surface area contributed by atoms with Crippen molar-refractivity contribution < 1.29 is 0 Å². The summed E-state index contributed by atoms with van der Waals surface area (Å²) in [5, 5.41) is 0. The van der Waals surface area contributed by atoms with E-state index in [2.05, 4.69) is 19.3 Å². The van der Waals surface area contributed by atoms with E-state index in [0.717, 1.165) is 6.42 Å². The maximum Gasteiger partial charge on any atom is 0.00860 e. The highest BCUT2D eigenvalue weighted by atomic mass is 14.0. The normalized spacial score (nSPS) is 9.67. The second-order valence-electron chi connectivity index (χ2n) is 3.21. The molecule has 0 unspecified atom stereocenters. The van der Waals surface area contributed by atoms with Crippen LogP contribution in [0.25, 0.3) is 0 Å². The molecule has 0 bridgehead atoms. The van der Waals surface area contributed by atoms with Gasteiger partial charge in [-0.2, -0.15) is 0 Å². The predicted molar refractivity (Wildman–Crippen MR) is 55.7 cm³/mol. The van der Waals surface area contributed by atoms with Gasteiger partial charge in [0, 0.05) is 6.42 Å². The van der Waals surface area contributed by atoms with Crippen molar-refractivity contribution >= 4 is 0 Å². The zero-order valence-corrected chi connectivity index (χ0v) is 8.31. The van der Waals surface area contributed by atoms with Gasteiger partial charge in [0.25, 0.3) is 0 Å². The number of rotatable bonds is 8. The van der Waals surface area contributed by atoms with Gasteiger partial charge in [-0.1, -0.05) is 45.4 Å². The molecule has 69 valence electrons. The summed E-state index contributed by atoms with van der Waals surface area (Å²) in [6.07, 6.45) is 17.6. The first-order chi connectivity index (χ1) is 5.91. The van der Waals surface area contributed by atoms with Gasteiger partial charge < -0.3 is 0 Å². The Bertz CT molecular complexity index is 108. The van der Waals surface area contributed by atoms with Gasteiger partial charge in [-0.3, -0.25) is 0 Å². The molecule has 0 rings (SSSR count). The summed E-state index contributed by atoms with van der Waals surface area (Å²) in [4.78, 5) is 0. The van der Waals surface area contributed by atoms with Crippen LogP contribution in [0, 0.1) is 18.8 Å². The molecule has 0 aliphatic heterocycles. The standard InChI is InChI=1S/C12H21/c1-3-5-7-9-11-12-10-8-6-4-2/h1,6H,4-5,7-12H2,2H3. The zero-order chi connectivity index (χ0) is 9.07. The van der Waals surface area contributed by atoms with Gasteiger partial charge in [0.15, 0.2) is 0 Å². The Hall–Kier alpha value is -0.440. The van der Waals surface area contributed by atoms with Crippen molar-refractivity contribution in [1.29, 1.82) is 0 Å². The lowest BCUT2D eigenvalue weighted by Gasteiger charge is -1.98. The lowest BCUT2D eigenvalue weighted by molar-refractivity contribution is 0.614. The van der Waals surface area contributed by atoms with Crippen LogP contribution in [0.1, 0.15) is 58.3 Å². The van der Waals surface area contributed by atoms with E-state index in [1.54, 1.807) is 0 Å². The Labute approximate surface area is 77.8 Å². The zero-order valence-electron chi connectivity index (χ0n) is 8.31. The van der Waals surface area contributed by atoms with Crippen molar-refractivity contribution in [3.05, 3.63) is 6.42 Å². The molecular weight excluding hydrogens is 144 g/mol. The smallest absolute Gasteiger partial charge is 0.00860 e. The molecule has 0 heteroatoms. The second-order valence-corrected chi connectivity index (χ2v) is 3.21. The highest BCUT2D eigenvalue weighted by Gasteiger charge is 1.89. The summed E-state index contributed by atoms with van der Waals surface area (Å²) >= 11 is 0. The van der Waals surface area contributed by atoms with E-state index in [1.807, 2.05) is 0 Å². The quantitative estimate of drug-likeness (QED) is 0.377. The molecule has 0 saturated heterocycles. The minimum absolute atomic E-state index is 0.959. The van der Waals surface area contributed by atoms with Gasteiger partial charge in [0.2, 0.25) is 0 Å². The van der Waals surface area contributed by atoms with E-state index in [0.29, 0.717) is 0 Å². The molecule has 0 atom stereocenters. The molecule has 0 saturated carbocycles. The third-order valence-electron chi connectivity index (χ3n) is 2.02. The molecule has 0 spiro atoms. The van der Waals surface area contributed by atoms with E-state index in [9.17, 15) is 0 Å². The van der Waals surface area contributed by atoms with E-state index in [4.69, 9.17) is 6.42 Å². The summed E-state index contributed by atoms with van der Waals surface area (Å²) in [5.41, 5.74) is 0. The molecule has 0 fully saturated rings. The molecule has 0 aromatic carbocycles. The van der Waals surface area contributed by atoms with E-state index >= 15 is 0 Å². The fourth-order valence-corrected chi connectivity index (χ4v) is 1.25. The van der Waals surface area contributed by atoms with Crippen molar-refractivity contribution in [2.75, 3.05) is 0 Å². The predicted octanol–water partition coefficient (Wildman–Crippen LogP) is 3.96. The molecule has 0 amide bonds. The van der Waals surface area contributed by atoms with Gasteiger partial charge in [0.1, 0.15) is 0 Å². The summed E-state index contributed by atoms with van der Waals surface area (Å²) in [6.45, 7) is 2.20. The first-order valence-electron chi connectivity index (χ1n) is 5.17. The van der Waals surface area contributed by atoms with Gasteiger partial charge in [-0.05, 0) is 12.8 Å². The number of hydrogen-bond acceptors (Lipinski definition) is 0. The first-order valence-corrected chi connectivity index (χ1v) is 5.17. The maximum absolute atomic E-state index is 5.15. The van der Waals surface area contributed by atoms with Gasteiger partial charge >= 0.3 is 0 Å². The van der Waals surface area contributed by atoms with Crippen LogP contribution in [0.2, 0.25) is 0 Å². The van der Waals surface area contributed by atoms with E-state index in [-0.39, 0.29) is 0 Å². The van der Waals surface area contributed by atoms with Crippen molar-refractivity contribution in [1.82, 2.24) is 0 Å². The average Bonchev–Trinajstić information content (AvgIpc) is 2.10. The van der Waals surface area contributed by atoms with Crippen LogP contribution in [-0.2, 0) is 0 Å². The highest BCUT2D eigenvalue weighted by molar-refractivity contribution is 4.82. The second kappa shape index (κ2) is 10.6. The Kier molecular flexibility index (Phi) is 10.2. The number of hydrogen-bond donors (Lipinski definition) is 0. The van der Waals surface area contributed by atoms with Crippen LogP contribution < -0.4 is 0 Å². The maximum atomic E-state index is 5.15. The number of terminal acetylenes is 1. The summed E-state index contributed by atoms with van der Waals surface area (Å²) < 4.78 is 0. The molecule has 1 radical (unpaired) electrons. The SMILES string of the molecule is C#CCCCCCCC[CH]CC. The molecule has 0 N–H and O–H groups in total. The van der Waals surface area contributed by atoms with Crippen molar-refractivity contribution in [2.45, 2.75) is 58.3 Å². The molecule has 0 aliphatic carbocycles. The molecule has 0 aliphatic rings. The first kappa shape index (κ1) is 11.6. The third-order valence-corrected chi connectivity index (χ3v) is 2.02. The average molecular weight is 165 g/mol. The van der Waals surface area contributed by atoms with Gasteiger partial charge in [-0.25, -0.2) is 0 Å². The third kappa shape index (κ3) is 9.56. The van der Waals surface area contributed by atoms with Crippen LogP contribution in [0.15, 0.2) is 0 Å². The van der Waals surface area contributed by atoms with Gasteiger partial charge in [-0.15, -0.1) is 12.3 Å².